The van der Waals surface area contributed by atoms with Crippen LogP contribution in [0.1, 0.15) is 45.4 Å². The van der Waals surface area contributed by atoms with Crippen LogP contribution in [0.15, 0.2) is 0 Å². The van der Waals surface area contributed by atoms with Crippen LogP contribution in [0.4, 0.5) is 0 Å². The summed E-state index contributed by atoms with van der Waals surface area (Å²) < 4.78 is 0. The standard InChI is InChI=1S/C13H22N2O2/c1-3-4-9-15(2)12(17)13(7-8-13)11(16)14-10-5-6-10/h10H,3-9H2,1-2H3,(H,14,16). The minimum atomic E-state index is -0.703. The fourth-order valence-corrected chi connectivity index (χ4v) is 2.08. The third-order valence-electron chi connectivity index (χ3n) is 3.70. The Morgan fingerprint density at radius 2 is 2.00 bits per heavy atom. The van der Waals surface area contributed by atoms with Crippen LogP contribution >= 0.6 is 0 Å². The van der Waals surface area contributed by atoms with Crippen LogP contribution in [0.2, 0.25) is 0 Å². The third-order valence-corrected chi connectivity index (χ3v) is 3.70. The van der Waals surface area contributed by atoms with Gasteiger partial charge in [-0.2, -0.15) is 0 Å². The van der Waals surface area contributed by atoms with Crippen LogP contribution in [0, 0.1) is 5.41 Å². The van der Waals surface area contributed by atoms with Crippen molar-refractivity contribution in [1.29, 1.82) is 0 Å². The van der Waals surface area contributed by atoms with Crippen LogP contribution < -0.4 is 5.32 Å². The van der Waals surface area contributed by atoms with Crippen molar-refractivity contribution in [3.8, 4) is 0 Å². The smallest absolute Gasteiger partial charge is 0.238 e. The predicted octanol–water partition coefficient (Wildman–Crippen LogP) is 1.30. The molecule has 0 spiro atoms. The fraction of sp³-hybridized carbons (Fsp3) is 0.846. The maximum Gasteiger partial charge on any atom is 0.238 e. The van der Waals surface area contributed by atoms with Gasteiger partial charge < -0.3 is 10.2 Å². The number of rotatable bonds is 6. The first-order chi connectivity index (χ1) is 8.10. The van der Waals surface area contributed by atoms with Gasteiger partial charge in [-0.1, -0.05) is 13.3 Å². The summed E-state index contributed by atoms with van der Waals surface area (Å²) in [7, 11) is 1.81. The molecule has 2 aliphatic rings. The van der Waals surface area contributed by atoms with E-state index in [0.717, 1.165) is 45.1 Å². The number of hydrogen-bond acceptors (Lipinski definition) is 2. The molecule has 17 heavy (non-hydrogen) atoms. The summed E-state index contributed by atoms with van der Waals surface area (Å²) >= 11 is 0. The van der Waals surface area contributed by atoms with E-state index >= 15 is 0 Å². The first kappa shape index (κ1) is 12.4. The molecule has 0 aromatic heterocycles. The topological polar surface area (TPSA) is 49.4 Å². The highest BCUT2D eigenvalue weighted by molar-refractivity contribution is 6.07. The summed E-state index contributed by atoms with van der Waals surface area (Å²) in [5, 5.41) is 2.96. The zero-order valence-corrected chi connectivity index (χ0v) is 10.8. The highest BCUT2D eigenvalue weighted by Crippen LogP contribution is 2.47. The first-order valence-corrected chi connectivity index (χ1v) is 6.66. The maximum atomic E-state index is 12.2. The normalized spacial score (nSPS) is 20.8. The molecule has 4 heteroatoms. The molecule has 0 saturated heterocycles. The van der Waals surface area contributed by atoms with E-state index in [0.29, 0.717) is 6.04 Å². The van der Waals surface area contributed by atoms with E-state index in [9.17, 15) is 9.59 Å². The van der Waals surface area contributed by atoms with E-state index < -0.39 is 5.41 Å². The van der Waals surface area contributed by atoms with Crippen molar-refractivity contribution in [2.45, 2.75) is 51.5 Å². The number of hydrogen-bond donors (Lipinski definition) is 1. The molecule has 0 bridgehead atoms. The van der Waals surface area contributed by atoms with Crippen molar-refractivity contribution in [3.63, 3.8) is 0 Å². The van der Waals surface area contributed by atoms with Gasteiger partial charge in [0.25, 0.3) is 0 Å². The zero-order valence-electron chi connectivity index (χ0n) is 10.8. The van der Waals surface area contributed by atoms with Crippen molar-refractivity contribution in [2.24, 2.45) is 5.41 Å². The SMILES string of the molecule is CCCCN(C)C(=O)C1(C(=O)NC2CC2)CC1. The average Bonchev–Trinajstić information content (AvgIpc) is 3.16. The van der Waals surface area contributed by atoms with E-state index in [1.165, 1.54) is 0 Å². The lowest BCUT2D eigenvalue weighted by atomic mass is 10.0. The summed E-state index contributed by atoms with van der Waals surface area (Å²) in [4.78, 5) is 26.0. The molecule has 1 N–H and O–H groups in total. The molecule has 0 radical (unpaired) electrons. The highest BCUT2D eigenvalue weighted by atomic mass is 16.2. The molecule has 96 valence electrons. The van der Waals surface area contributed by atoms with Crippen molar-refractivity contribution in [2.75, 3.05) is 13.6 Å². The Morgan fingerprint density at radius 1 is 1.35 bits per heavy atom. The second kappa shape index (κ2) is 4.67. The lowest BCUT2D eigenvalue weighted by Crippen LogP contribution is -2.44. The minimum Gasteiger partial charge on any atom is -0.352 e. The van der Waals surface area contributed by atoms with E-state index in [1.807, 2.05) is 7.05 Å². The first-order valence-electron chi connectivity index (χ1n) is 6.66. The summed E-state index contributed by atoms with van der Waals surface area (Å²) in [5.41, 5.74) is -0.703. The molecule has 0 aromatic rings. The highest BCUT2D eigenvalue weighted by Gasteiger charge is 2.58. The van der Waals surface area contributed by atoms with Crippen LogP contribution in [0.3, 0.4) is 0 Å². The van der Waals surface area contributed by atoms with Crippen molar-refractivity contribution in [1.82, 2.24) is 10.2 Å². The van der Waals surface area contributed by atoms with Gasteiger partial charge in [0, 0.05) is 19.6 Å². The summed E-state index contributed by atoms with van der Waals surface area (Å²) in [5.74, 6) is -0.0163. The Balaban J connectivity index is 1.90. The Labute approximate surface area is 103 Å². The largest absolute Gasteiger partial charge is 0.352 e. The van der Waals surface area contributed by atoms with Crippen LogP contribution in [-0.4, -0.2) is 36.3 Å². The summed E-state index contributed by atoms with van der Waals surface area (Å²) in [6.45, 7) is 2.86. The third kappa shape index (κ3) is 2.61. The van der Waals surface area contributed by atoms with Gasteiger partial charge in [-0.05, 0) is 32.1 Å². The molecular weight excluding hydrogens is 216 g/mol. The molecule has 2 amide bonds. The van der Waals surface area contributed by atoms with Crippen molar-refractivity contribution < 1.29 is 9.59 Å². The van der Waals surface area contributed by atoms with Crippen LogP contribution in [-0.2, 0) is 9.59 Å². The fourth-order valence-electron chi connectivity index (χ4n) is 2.08. The molecule has 0 aromatic carbocycles. The summed E-state index contributed by atoms with van der Waals surface area (Å²) in [6.07, 6.45) is 5.66. The number of amides is 2. The molecule has 0 heterocycles. The van der Waals surface area contributed by atoms with E-state index in [4.69, 9.17) is 0 Å². The monoisotopic (exact) mass is 238 g/mol. The van der Waals surface area contributed by atoms with Crippen LogP contribution in [0.25, 0.3) is 0 Å². The van der Waals surface area contributed by atoms with Gasteiger partial charge in [0.2, 0.25) is 11.8 Å². The minimum absolute atomic E-state index is 0.0177. The molecule has 0 unspecified atom stereocenters. The van der Waals surface area contributed by atoms with Crippen molar-refractivity contribution in [3.05, 3.63) is 0 Å². The molecule has 0 aliphatic heterocycles. The van der Waals surface area contributed by atoms with E-state index in [-0.39, 0.29) is 11.8 Å². The molecule has 2 aliphatic carbocycles. The van der Waals surface area contributed by atoms with Gasteiger partial charge in [-0.25, -0.2) is 0 Å². The average molecular weight is 238 g/mol. The maximum absolute atomic E-state index is 12.2. The van der Waals surface area contributed by atoms with Crippen molar-refractivity contribution >= 4 is 11.8 Å². The number of nitrogens with one attached hydrogen (secondary N) is 1. The second-order valence-corrected chi connectivity index (χ2v) is 5.41. The van der Waals surface area contributed by atoms with Gasteiger partial charge in [-0.3, -0.25) is 9.59 Å². The Hall–Kier alpha value is -1.06. The number of unbranched alkanes of at least 4 members (excludes halogenated alkanes) is 1. The van der Waals surface area contributed by atoms with E-state index in [2.05, 4.69) is 12.2 Å². The number of carbonyl (C=O) groups excluding carboxylic acids is 2. The molecule has 0 atom stereocenters. The Morgan fingerprint density at radius 3 is 2.47 bits per heavy atom. The number of nitrogens with zero attached hydrogens (tertiary/aromatic N) is 1. The molecule has 4 nitrogen and oxygen atoms in total. The van der Waals surface area contributed by atoms with Gasteiger partial charge in [0.05, 0.1) is 0 Å². The number of carbonyl (C=O) groups is 2. The lowest BCUT2D eigenvalue weighted by Gasteiger charge is -2.22. The van der Waals surface area contributed by atoms with Gasteiger partial charge in [-0.15, -0.1) is 0 Å². The quantitative estimate of drug-likeness (QED) is 0.709. The molecule has 2 fully saturated rings. The zero-order chi connectivity index (χ0) is 12.5. The van der Waals surface area contributed by atoms with Gasteiger partial charge in [0.1, 0.15) is 5.41 Å². The Kier molecular flexibility index (Phi) is 3.40. The predicted molar refractivity (Wildman–Crippen MR) is 65.4 cm³/mol. The Bertz CT molecular complexity index is 319. The lowest BCUT2D eigenvalue weighted by molar-refractivity contribution is -0.143. The molecule has 2 saturated carbocycles. The van der Waals surface area contributed by atoms with Crippen LogP contribution in [0.5, 0.6) is 0 Å². The van der Waals surface area contributed by atoms with Gasteiger partial charge >= 0.3 is 0 Å². The molecular formula is C13H22N2O2. The molecule has 2 rings (SSSR count). The van der Waals surface area contributed by atoms with E-state index in [1.54, 1.807) is 4.90 Å². The summed E-state index contributed by atoms with van der Waals surface area (Å²) in [6, 6.07) is 0.341. The second-order valence-electron chi connectivity index (χ2n) is 5.41. The van der Waals surface area contributed by atoms with Gasteiger partial charge in [0.15, 0.2) is 0 Å².